The molecule has 1 atom stereocenters. The lowest BCUT2D eigenvalue weighted by Gasteiger charge is -2.17. The van der Waals surface area contributed by atoms with Gasteiger partial charge in [0.05, 0.1) is 0 Å². The van der Waals surface area contributed by atoms with Gasteiger partial charge in [0.2, 0.25) is 0 Å². The highest BCUT2D eigenvalue weighted by Gasteiger charge is 2.31. The summed E-state index contributed by atoms with van der Waals surface area (Å²) < 4.78 is 36.6. The van der Waals surface area contributed by atoms with E-state index in [0.29, 0.717) is 0 Å². The van der Waals surface area contributed by atoms with Crippen LogP contribution in [-0.4, -0.2) is 11.6 Å². The molecule has 0 saturated heterocycles. The third-order valence-corrected chi connectivity index (χ3v) is 4.04. The molecule has 1 fully saturated rings. The van der Waals surface area contributed by atoms with Gasteiger partial charge in [0.1, 0.15) is 0 Å². The molecule has 0 aromatic heterocycles. The maximum absolute atomic E-state index is 12.2. The van der Waals surface area contributed by atoms with Gasteiger partial charge >= 0.3 is 5.92 Å². The molecular weight excluding hydrogens is 208 g/mol. The van der Waals surface area contributed by atoms with E-state index in [2.05, 4.69) is 0 Å². The summed E-state index contributed by atoms with van der Waals surface area (Å²) in [5.74, 6) is -3.93. The predicted octanol–water partition coefficient (Wildman–Crippen LogP) is 4.69. The fourth-order valence-corrected chi connectivity index (χ4v) is 3.17. The lowest BCUT2D eigenvalue weighted by molar-refractivity contribution is -0.0379. The van der Waals surface area contributed by atoms with Crippen molar-refractivity contribution in [2.45, 2.75) is 62.9 Å². The van der Waals surface area contributed by atoms with Gasteiger partial charge in [0, 0.05) is 0 Å². The molecule has 1 aliphatic carbocycles. The normalized spacial score (nSPS) is 23.4. The molecule has 0 N–H and O–H groups in total. The summed E-state index contributed by atoms with van der Waals surface area (Å²) in [6, 6.07) is 0. The summed E-state index contributed by atoms with van der Waals surface area (Å²) in [6.07, 6.45) is 8.23. The van der Waals surface area contributed by atoms with E-state index < -0.39 is 14.5 Å². The standard InChI is InChI=1S/C10H18F3P/c11-10(12,13)14-9-7-5-3-1-2-4-6-8-9/h9,14H,1-8H2. The van der Waals surface area contributed by atoms with Gasteiger partial charge in [-0.05, 0) is 27.1 Å². The van der Waals surface area contributed by atoms with Crippen molar-refractivity contribution in [1.82, 2.24) is 0 Å². The number of alkyl halides is 3. The molecule has 0 aromatic rings. The third-order valence-electron chi connectivity index (χ3n) is 2.72. The van der Waals surface area contributed by atoms with E-state index in [1.54, 1.807) is 0 Å². The highest BCUT2D eigenvalue weighted by molar-refractivity contribution is 7.40. The monoisotopic (exact) mass is 226 g/mol. The minimum Gasteiger partial charge on any atom is -0.167 e. The lowest BCUT2D eigenvalue weighted by Crippen LogP contribution is -2.09. The van der Waals surface area contributed by atoms with E-state index in [1.165, 1.54) is 12.8 Å². The van der Waals surface area contributed by atoms with Crippen LogP contribution in [0.25, 0.3) is 0 Å². The Kier molecular flexibility index (Phi) is 5.22. The van der Waals surface area contributed by atoms with E-state index in [9.17, 15) is 13.2 Å². The first-order valence-electron chi connectivity index (χ1n) is 5.42. The topological polar surface area (TPSA) is 0 Å². The largest absolute Gasteiger partial charge is 0.402 e. The zero-order valence-electron chi connectivity index (χ0n) is 8.37. The number of rotatable bonds is 1. The Balaban J connectivity index is 2.32. The fourth-order valence-electron chi connectivity index (χ4n) is 2.01. The Morgan fingerprint density at radius 2 is 1.21 bits per heavy atom. The zero-order valence-corrected chi connectivity index (χ0v) is 9.37. The summed E-state index contributed by atoms with van der Waals surface area (Å²) in [6.45, 7) is 0. The molecule has 0 heterocycles. The maximum Gasteiger partial charge on any atom is 0.402 e. The summed E-state index contributed by atoms with van der Waals surface area (Å²) >= 11 is 0. The molecule has 0 nitrogen and oxygen atoms in total. The molecule has 4 heteroatoms. The average Bonchev–Trinajstić information content (AvgIpc) is 2.15. The zero-order chi connectivity index (χ0) is 10.4. The molecule has 0 aromatic carbocycles. The first-order valence-corrected chi connectivity index (χ1v) is 6.50. The summed E-state index contributed by atoms with van der Waals surface area (Å²) in [7, 11) is -0.820. The number of hydrogen-bond acceptors (Lipinski definition) is 0. The Morgan fingerprint density at radius 1 is 0.786 bits per heavy atom. The molecule has 1 saturated carbocycles. The molecule has 1 rings (SSSR count). The maximum atomic E-state index is 12.2. The second kappa shape index (κ2) is 5.95. The molecule has 1 aliphatic rings. The van der Waals surface area contributed by atoms with Crippen LogP contribution in [0.1, 0.15) is 51.4 Å². The first kappa shape index (κ1) is 12.3. The third kappa shape index (κ3) is 5.85. The van der Waals surface area contributed by atoms with E-state index in [0.717, 1.165) is 38.5 Å². The lowest BCUT2D eigenvalue weighted by atomic mass is 10.1. The van der Waals surface area contributed by atoms with Crippen molar-refractivity contribution in [1.29, 1.82) is 0 Å². The van der Waals surface area contributed by atoms with Gasteiger partial charge < -0.3 is 0 Å². The van der Waals surface area contributed by atoms with Gasteiger partial charge in [-0.25, -0.2) is 0 Å². The van der Waals surface area contributed by atoms with Crippen molar-refractivity contribution in [3.05, 3.63) is 0 Å². The number of hydrogen-bond donors (Lipinski definition) is 0. The Hall–Kier alpha value is 0.220. The van der Waals surface area contributed by atoms with Crippen LogP contribution in [0, 0.1) is 0 Å². The van der Waals surface area contributed by atoms with Crippen molar-refractivity contribution in [3.8, 4) is 0 Å². The van der Waals surface area contributed by atoms with E-state index in [-0.39, 0.29) is 5.66 Å². The quantitative estimate of drug-likeness (QED) is 0.569. The van der Waals surface area contributed by atoms with E-state index in [1.807, 2.05) is 0 Å². The van der Waals surface area contributed by atoms with Crippen LogP contribution in [0.5, 0.6) is 0 Å². The van der Waals surface area contributed by atoms with Gasteiger partial charge in [0.15, 0.2) is 0 Å². The predicted molar refractivity (Wildman–Crippen MR) is 55.1 cm³/mol. The van der Waals surface area contributed by atoms with Crippen LogP contribution in [0.4, 0.5) is 13.2 Å². The molecule has 0 radical (unpaired) electrons. The molecular formula is C10H18F3P. The van der Waals surface area contributed by atoms with Gasteiger partial charge in [-0.3, -0.25) is 0 Å². The van der Waals surface area contributed by atoms with Gasteiger partial charge in [-0.1, -0.05) is 38.5 Å². The van der Waals surface area contributed by atoms with Crippen LogP contribution >= 0.6 is 8.58 Å². The molecule has 0 spiro atoms. The van der Waals surface area contributed by atoms with Gasteiger partial charge in [0.25, 0.3) is 0 Å². The van der Waals surface area contributed by atoms with Crippen LogP contribution < -0.4 is 0 Å². The van der Waals surface area contributed by atoms with Gasteiger partial charge in [-0.2, -0.15) is 13.2 Å². The second-order valence-electron chi connectivity index (χ2n) is 4.04. The summed E-state index contributed by atoms with van der Waals surface area (Å²) in [5.41, 5.74) is -0.0758. The second-order valence-corrected chi connectivity index (χ2v) is 5.71. The highest BCUT2D eigenvalue weighted by atomic mass is 31.1. The molecule has 1 unspecified atom stereocenters. The van der Waals surface area contributed by atoms with E-state index in [4.69, 9.17) is 0 Å². The van der Waals surface area contributed by atoms with Crippen LogP contribution in [0.2, 0.25) is 0 Å². The molecule has 14 heavy (non-hydrogen) atoms. The van der Waals surface area contributed by atoms with Crippen molar-refractivity contribution in [2.24, 2.45) is 0 Å². The summed E-state index contributed by atoms with van der Waals surface area (Å²) in [5, 5.41) is 0. The molecule has 0 amide bonds. The van der Waals surface area contributed by atoms with Crippen LogP contribution in [0.3, 0.4) is 0 Å². The van der Waals surface area contributed by atoms with Gasteiger partial charge in [-0.15, -0.1) is 0 Å². The van der Waals surface area contributed by atoms with Crippen LogP contribution in [-0.2, 0) is 0 Å². The minimum atomic E-state index is -3.93. The smallest absolute Gasteiger partial charge is 0.167 e. The van der Waals surface area contributed by atoms with E-state index >= 15 is 0 Å². The average molecular weight is 226 g/mol. The molecule has 0 bridgehead atoms. The van der Waals surface area contributed by atoms with Crippen molar-refractivity contribution >= 4 is 8.58 Å². The molecule has 0 aliphatic heterocycles. The molecule has 84 valence electrons. The van der Waals surface area contributed by atoms with Crippen molar-refractivity contribution < 1.29 is 13.2 Å². The minimum absolute atomic E-state index is 0.0758. The SMILES string of the molecule is FC(F)(F)PC1CCCCCCCC1. The summed E-state index contributed by atoms with van der Waals surface area (Å²) in [4.78, 5) is 0. The van der Waals surface area contributed by atoms with Crippen molar-refractivity contribution in [3.63, 3.8) is 0 Å². The Morgan fingerprint density at radius 3 is 1.64 bits per heavy atom. The van der Waals surface area contributed by atoms with Crippen LogP contribution in [0.15, 0.2) is 0 Å². The Bertz CT molecular complexity index is 146. The number of halogens is 3. The highest BCUT2D eigenvalue weighted by Crippen LogP contribution is 2.44. The first-order chi connectivity index (χ1) is 6.58. The fraction of sp³-hybridized carbons (Fsp3) is 1.00. The Labute approximate surface area is 85.4 Å². The van der Waals surface area contributed by atoms with Crippen molar-refractivity contribution in [2.75, 3.05) is 0 Å².